The summed E-state index contributed by atoms with van der Waals surface area (Å²) >= 11 is 5.78. The van der Waals surface area contributed by atoms with E-state index in [9.17, 15) is 0 Å². The monoisotopic (exact) mass is 222 g/mol. The fourth-order valence-electron chi connectivity index (χ4n) is 1.21. The first-order chi connectivity index (χ1) is 7.24. The lowest BCUT2D eigenvalue weighted by molar-refractivity contribution is 1.02. The highest BCUT2D eigenvalue weighted by molar-refractivity contribution is 6.30. The zero-order chi connectivity index (χ0) is 10.7. The van der Waals surface area contributed by atoms with Crippen molar-refractivity contribution in [3.05, 3.63) is 40.7 Å². The minimum Gasteiger partial charge on any atom is -0.349 e. The summed E-state index contributed by atoms with van der Waals surface area (Å²) in [5.41, 5.74) is 1.14. The molecular weight excluding hydrogens is 212 g/mol. The van der Waals surface area contributed by atoms with Crippen LogP contribution in [-0.2, 0) is 6.54 Å². The second kappa shape index (κ2) is 4.31. The van der Waals surface area contributed by atoms with Crippen molar-refractivity contribution in [3.63, 3.8) is 0 Å². The molecule has 1 aromatic heterocycles. The Morgan fingerprint density at radius 2 is 2.07 bits per heavy atom. The molecule has 0 atom stereocenters. The summed E-state index contributed by atoms with van der Waals surface area (Å²) in [7, 11) is 0. The van der Waals surface area contributed by atoms with E-state index in [0.717, 1.165) is 16.4 Å². The third-order valence-electron chi connectivity index (χ3n) is 1.96. The van der Waals surface area contributed by atoms with Crippen LogP contribution in [0.1, 0.15) is 11.4 Å². The van der Waals surface area contributed by atoms with Crippen LogP contribution in [0.2, 0.25) is 5.02 Å². The van der Waals surface area contributed by atoms with Crippen LogP contribution in [0.5, 0.6) is 0 Å². The minimum absolute atomic E-state index is 0.613. The molecule has 0 aliphatic carbocycles. The molecule has 0 bridgehead atoms. The Morgan fingerprint density at radius 1 is 1.33 bits per heavy atom. The van der Waals surface area contributed by atoms with E-state index in [4.69, 9.17) is 11.6 Å². The lowest BCUT2D eigenvalue weighted by atomic mass is 10.2. The maximum atomic E-state index is 5.78. The van der Waals surface area contributed by atoms with E-state index >= 15 is 0 Å². The number of aromatic amines is 1. The van der Waals surface area contributed by atoms with Crippen molar-refractivity contribution in [3.8, 4) is 0 Å². The first kappa shape index (κ1) is 9.98. The molecule has 78 valence electrons. The maximum Gasteiger partial charge on any atom is 0.242 e. The topological polar surface area (TPSA) is 53.6 Å². The summed E-state index contributed by atoms with van der Waals surface area (Å²) in [6, 6.07) is 7.66. The lowest BCUT2D eigenvalue weighted by Crippen LogP contribution is -2.00. The number of H-pyrrole nitrogens is 1. The summed E-state index contributed by atoms with van der Waals surface area (Å²) in [5, 5.41) is 10.6. The van der Waals surface area contributed by atoms with E-state index in [1.807, 2.05) is 31.2 Å². The summed E-state index contributed by atoms with van der Waals surface area (Å²) in [4.78, 5) is 4.14. The van der Waals surface area contributed by atoms with Crippen LogP contribution < -0.4 is 5.32 Å². The van der Waals surface area contributed by atoms with E-state index < -0.39 is 0 Å². The van der Waals surface area contributed by atoms with E-state index in [-0.39, 0.29) is 0 Å². The van der Waals surface area contributed by atoms with Crippen molar-refractivity contribution in [2.45, 2.75) is 13.5 Å². The van der Waals surface area contributed by atoms with E-state index in [2.05, 4.69) is 20.5 Å². The lowest BCUT2D eigenvalue weighted by Gasteiger charge is -2.01. The molecule has 2 rings (SSSR count). The van der Waals surface area contributed by atoms with Gasteiger partial charge in [-0.15, -0.1) is 5.10 Å². The number of anilines is 1. The second-order valence-electron chi connectivity index (χ2n) is 3.22. The molecule has 0 aliphatic rings. The molecule has 0 saturated carbocycles. The number of nitrogens with one attached hydrogen (secondary N) is 2. The molecule has 0 saturated heterocycles. The Kier molecular flexibility index (Phi) is 2.87. The first-order valence-electron chi connectivity index (χ1n) is 4.61. The number of aromatic nitrogens is 3. The van der Waals surface area contributed by atoms with Gasteiger partial charge in [-0.1, -0.05) is 23.7 Å². The number of nitrogens with zero attached hydrogens (tertiary/aromatic N) is 2. The predicted octanol–water partition coefficient (Wildman–Crippen LogP) is 2.38. The van der Waals surface area contributed by atoms with E-state index in [0.29, 0.717) is 12.5 Å². The van der Waals surface area contributed by atoms with Crippen molar-refractivity contribution in [2.24, 2.45) is 0 Å². The average Bonchev–Trinajstić information content (AvgIpc) is 2.64. The zero-order valence-corrected chi connectivity index (χ0v) is 9.04. The van der Waals surface area contributed by atoms with Crippen LogP contribution in [0.15, 0.2) is 24.3 Å². The standard InChI is InChI=1S/C10H11ClN4/c1-7-13-10(15-14-7)12-6-8-2-4-9(11)5-3-8/h2-5H,6H2,1H3,(H2,12,13,14,15). The van der Waals surface area contributed by atoms with Gasteiger partial charge in [0.2, 0.25) is 5.95 Å². The van der Waals surface area contributed by atoms with Crippen molar-refractivity contribution >= 4 is 17.5 Å². The molecule has 0 radical (unpaired) electrons. The van der Waals surface area contributed by atoms with Gasteiger partial charge in [0.25, 0.3) is 0 Å². The Bertz CT molecular complexity index is 435. The molecule has 2 N–H and O–H groups in total. The Morgan fingerprint density at radius 3 is 2.67 bits per heavy atom. The van der Waals surface area contributed by atoms with E-state index in [1.165, 1.54) is 0 Å². The summed E-state index contributed by atoms with van der Waals surface area (Å²) < 4.78 is 0. The number of aryl methyl sites for hydroxylation is 1. The van der Waals surface area contributed by atoms with Gasteiger partial charge in [-0.2, -0.15) is 4.98 Å². The molecule has 0 amide bonds. The number of halogens is 1. The highest BCUT2D eigenvalue weighted by Gasteiger charge is 1.98. The molecule has 0 aliphatic heterocycles. The first-order valence-corrected chi connectivity index (χ1v) is 4.99. The zero-order valence-electron chi connectivity index (χ0n) is 8.29. The van der Waals surface area contributed by atoms with Crippen LogP contribution >= 0.6 is 11.6 Å². The molecule has 2 aromatic rings. The number of hydrogen-bond donors (Lipinski definition) is 2. The third-order valence-corrected chi connectivity index (χ3v) is 2.21. The van der Waals surface area contributed by atoms with Crippen LogP contribution in [0.25, 0.3) is 0 Å². The summed E-state index contributed by atoms with van der Waals surface area (Å²) in [6.07, 6.45) is 0. The number of rotatable bonds is 3. The van der Waals surface area contributed by atoms with Crippen LogP contribution in [0.4, 0.5) is 5.95 Å². The van der Waals surface area contributed by atoms with Gasteiger partial charge in [-0.05, 0) is 24.6 Å². The SMILES string of the molecule is Cc1nc(NCc2ccc(Cl)cc2)n[nH]1. The smallest absolute Gasteiger partial charge is 0.242 e. The van der Waals surface area contributed by atoms with E-state index in [1.54, 1.807) is 0 Å². The maximum absolute atomic E-state index is 5.78. The molecule has 1 aromatic carbocycles. The molecule has 0 spiro atoms. The Labute approximate surface area is 92.7 Å². The van der Waals surface area contributed by atoms with Crippen molar-refractivity contribution in [2.75, 3.05) is 5.32 Å². The molecule has 5 heteroatoms. The van der Waals surface area contributed by atoms with Gasteiger partial charge in [-0.3, -0.25) is 5.10 Å². The van der Waals surface area contributed by atoms with Crippen molar-refractivity contribution in [1.82, 2.24) is 15.2 Å². The minimum atomic E-state index is 0.613. The number of hydrogen-bond acceptors (Lipinski definition) is 3. The van der Waals surface area contributed by atoms with Gasteiger partial charge < -0.3 is 5.32 Å². The summed E-state index contributed by atoms with van der Waals surface area (Å²) in [6.45, 7) is 2.55. The highest BCUT2D eigenvalue weighted by atomic mass is 35.5. The molecule has 0 fully saturated rings. The summed E-state index contributed by atoms with van der Waals surface area (Å²) in [5.74, 6) is 1.41. The van der Waals surface area contributed by atoms with Crippen molar-refractivity contribution in [1.29, 1.82) is 0 Å². The Balaban J connectivity index is 1.96. The highest BCUT2D eigenvalue weighted by Crippen LogP contribution is 2.10. The normalized spacial score (nSPS) is 10.3. The third kappa shape index (κ3) is 2.70. The van der Waals surface area contributed by atoms with Crippen LogP contribution in [-0.4, -0.2) is 15.2 Å². The molecule has 15 heavy (non-hydrogen) atoms. The van der Waals surface area contributed by atoms with Crippen molar-refractivity contribution < 1.29 is 0 Å². The molecular formula is C10H11ClN4. The molecule has 1 heterocycles. The van der Waals surface area contributed by atoms with Gasteiger partial charge in [-0.25, -0.2) is 0 Å². The van der Waals surface area contributed by atoms with Gasteiger partial charge in [0.15, 0.2) is 0 Å². The average molecular weight is 223 g/mol. The predicted molar refractivity (Wildman–Crippen MR) is 59.9 cm³/mol. The van der Waals surface area contributed by atoms with Gasteiger partial charge >= 0.3 is 0 Å². The van der Waals surface area contributed by atoms with Crippen LogP contribution in [0.3, 0.4) is 0 Å². The molecule has 0 unspecified atom stereocenters. The van der Waals surface area contributed by atoms with Gasteiger partial charge in [0.05, 0.1) is 0 Å². The second-order valence-corrected chi connectivity index (χ2v) is 3.66. The quantitative estimate of drug-likeness (QED) is 0.839. The largest absolute Gasteiger partial charge is 0.349 e. The fourth-order valence-corrected chi connectivity index (χ4v) is 1.33. The van der Waals surface area contributed by atoms with Gasteiger partial charge in [0, 0.05) is 11.6 Å². The Hall–Kier alpha value is -1.55. The molecule has 4 nitrogen and oxygen atoms in total. The number of benzene rings is 1. The van der Waals surface area contributed by atoms with Gasteiger partial charge in [0.1, 0.15) is 5.82 Å². The fraction of sp³-hybridized carbons (Fsp3) is 0.200. The van der Waals surface area contributed by atoms with Crippen LogP contribution in [0, 0.1) is 6.92 Å².